The monoisotopic (exact) mass is 261 g/mol. The number of nitrogens with zero attached hydrogens (tertiary/aromatic N) is 4. The van der Waals surface area contributed by atoms with Crippen LogP contribution < -0.4 is 5.73 Å². The van der Waals surface area contributed by atoms with E-state index >= 15 is 0 Å². The van der Waals surface area contributed by atoms with Crippen molar-refractivity contribution >= 4 is 11.8 Å². The normalized spacial score (nSPS) is 10.5. The molecule has 7 nitrogen and oxygen atoms in total. The van der Waals surface area contributed by atoms with Gasteiger partial charge in [0.15, 0.2) is 5.82 Å². The van der Waals surface area contributed by atoms with Crippen molar-refractivity contribution in [3.8, 4) is 11.4 Å². The molecule has 100 valence electrons. The van der Waals surface area contributed by atoms with Gasteiger partial charge in [0.25, 0.3) is 0 Å². The van der Waals surface area contributed by atoms with Gasteiger partial charge >= 0.3 is 5.97 Å². The third-order valence-corrected chi connectivity index (χ3v) is 2.56. The van der Waals surface area contributed by atoms with Crippen molar-refractivity contribution in [3.63, 3.8) is 0 Å². The lowest BCUT2D eigenvalue weighted by Crippen LogP contribution is -2.13. The first-order valence-corrected chi connectivity index (χ1v) is 5.83. The molecule has 2 rings (SSSR count). The molecule has 0 saturated heterocycles. The summed E-state index contributed by atoms with van der Waals surface area (Å²) in [7, 11) is 1.80. The molecule has 0 aliphatic carbocycles. The first-order valence-electron chi connectivity index (χ1n) is 5.83. The molecule has 2 aromatic rings. The number of rotatable bonds is 3. The molecule has 0 unspecified atom stereocenters. The van der Waals surface area contributed by atoms with E-state index in [0.717, 1.165) is 5.56 Å². The quantitative estimate of drug-likeness (QED) is 0.826. The van der Waals surface area contributed by atoms with Crippen molar-refractivity contribution in [2.45, 2.75) is 13.8 Å². The molecule has 0 aliphatic heterocycles. The maximum absolute atomic E-state index is 11.7. The van der Waals surface area contributed by atoms with Crippen molar-refractivity contribution in [3.05, 3.63) is 23.7 Å². The minimum Gasteiger partial charge on any atom is -0.462 e. The van der Waals surface area contributed by atoms with Gasteiger partial charge in [-0.15, -0.1) is 0 Å². The SMILES string of the molecule is CCOC(=O)c1c(C)nc(-c2cnn(C)c2)nc1N. The van der Waals surface area contributed by atoms with Crippen molar-refractivity contribution < 1.29 is 9.53 Å². The topological polar surface area (TPSA) is 95.9 Å². The molecule has 2 aromatic heterocycles. The number of esters is 1. The summed E-state index contributed by atoms with van der Waals surface area (Å²) in [6.07, 6.45) is 3.41. The van der Waals surface area contributed by atoms with E-state index in [1.54, 1.807) is 38.0 Å². The van der Waals surface area contributed by atoms with Crippen LogP contribution in [0.5, 0.6) is 0 Å². The molecule has 7 heteroatoms. The zero-order chi connectivity index (χ0) is 14.0. The van der Waals surface area contributed by atoms with Crippen LogP contribution >= 0.6 is 0 Å². The van der Waals surface area contributed by atoms with Gasteiger partial charge in [-0.05, 0) is 13.8 Å². The lowest BCUT2D eigenvalue weighted by atomic mass is 10.2. The Morgan fingerprint density at radius 3 is 2.74 bits per heavy atom. The number of hydrogen-bond donors (Lipinski definition) is 1. The number of carbonyl (C=O) groups is 1. The minimum absolute atomic E-state index is 0.116. The van der Waals surface area contributed by atoms with E-state index < -0.39 is 5.97 Å². The third kappa shape index (κ3) is 2.54. The van der Waals surface area contributed by atoms with Gasteiger partial charge in [-0.25, -0.2) is 14.8 Å². The third-order valence-electron chi connectivity index (χ3n) is 2.56. The number of ether oxygens (including phenoxy) is 1. The van der Waals surface area contributed by atoms with Gasteiger partial charge in [0.2, 0.25) is 0 Å². The Bertz CT molecular complexity index is 597. The number of aryl methyl sites for hydroxylation is 2. The zero-order valence-corrected chi connectivity index (χ0v) is 11.0. The van der Waals surface area contributed by atoms with Crippen LogP contribution in [0, 0.1) is 6.92 Å². The fourth-order valence-electron chi connectivity index (χ4n) is 1.72. The highest BCUT2D eigenvalue weighted by atomic mass is 16.5. The van der Waals surface area contributed by atoms with Crippen LogP contribution in [0.15, 0.2) is 12.4 Å². The maximum atomic E-state index is 11.7. The average molecular weight is 261 g/mol. The molecule has 2 heterocycles. The average Bonchev–Trinajstić information content (AvgIpc) is 2.75. The van der Waals surface area contributed by atoms with Crippen LogP contribution in [0.2, 0.25) is 0 Å². The fourth-order valence-corrected chi connectivity index (χ4v) is 1.72. The van der Waals surface area contributed by atoms with Crippen LogP contribution in [-0.4, -0.2) is 32.3 Å². The fraction of sp³-hybridized carbons (Fsp3) is 0.333. The number of nitrogens with two attached hydrogens (primary N) is 1. The summed E-state index contributed by atoms with van der Waals surface area (Å²) in [4.78, 5) is 20.1. The van der Waals surface area contributed by atoms with Gasteiger partial charge in [-0.3, -0.25) is 4.68 Å². The van der Waals surface area contributed by atoms with E-state index in [1.165, 1.54) is 0 Å². The molecular formula is C12H15N5O2. The van der Waals surface area contributed by atoms with Gasteiger partial charge in [0.1, 0.15) is 11.4 Å². The molecule has 0 bridgehead atoms. The number of carbonyl (C=O) groups excluding carboxylic acids is 1. The number of nitrogen functional groups attached to an aromatic ring is 1. The standard InChI is InChI=1S/C12H15N5O2/c1-4-19-12(18)9-7(2)15-11(16-10(9)13)8-5-14-17(3)6-8/h5-6H,4H2,1-3H3,(H2,13,15,16). The highest BCUT2D eigenvalue weighted by molar-refractivity contribution is 5.95. The first kappa shape index (κ1) is 13.0. The second-order valence-corrected chi connectivity index (χ2v) is 4.02. The maximum Gasteiger partial charge on any atom is 0.343 e. The lowest BCUT2D eigenvalue weighted by Gasteiger charge is -2.08. The second-order valence-electron chi connectivity index (χ2n) is 4.02. The predicted octanol–water partition coefficient (Wildman–Crippen LogP) is 0.944. The molecule has 0 atom stereocenters. The van der Waals surface area contributed by atoms with E-state index in [9.17, 15) is 4.79 Å². The van der Waals surface area contributed by atoms with Gasteiger partial charge in [-0.1, -0.05) is 0 Å². The predicted molar refractivity (Wildman–Crippen MR) is 69.3 cm³/mol. The van der Waals surface area contributed by atoms with E-state index in [0.29, 0.717) is 11.5 Å². The summed E-state index contributed by atoms with van der Waals surface area (Å²) < 4.78 is 6.57. The van der Waals surface area contributed by atoms with Crippen molar-refractivity contribution in [1.29, 1.82) is 0 Å². The Kier molecular flexibility index (Phi) is 3.46. The number of hydrogen-bond acceptors (Lipinski definition) is 6. The van der Waals surface area contributed by atoms with Crippen molar-refractivity contribution in [2.24, 2.45) is 7.05 Å². The summed E-state index contributed by atoms with van der Waals surface area (Å²) in [5.41, 5.74) is 7.27. The molecule has 2 N–H and O–H groups in total. The Labute approximate surface area is 110 Å². The van der Waals surface area contributed by atoms with E-state index in [-0.39, 0.29) is 18.0 Å². The van der Waals surface area contributed by atoms with E-state index in [1.807, 2.05) is 0 Å². The van der Waals surface area contributed by atoms with E-state index in [4.69, 9.17) is 10.5 Å². The molecule has 19 heavy (non-hydrogen) atoms. The zero-order valence-electron chi connectivity index (χ0n) is 11.0. The van der Waals surface area contributed by atoms with Crippen LogP contribution in [-0.2, 0) is 11.8 Å². The van der Waals surface area contributed by atoms with Gasteiger partial charge in [-0.2, -0.15) is 5.10 Å². The van der Waals surface area contributed by atoms with E-state index in [2.05, 4.69) is 15.1 Å². The Morgan fingerprint density at radius 1 is 1.47 bits per heavy atom. The highest BCUT2D eigenvalue weighted by Crippen LogP contribution is 2.20. The van der Waals surface area contributed by atoms with Crippen LogP contribution in [0.4, 0.5) is 5.82 Å². The summed E-state index contributed by atoms with van der Waals surface area (Å²) in [5, 5.41) is 4.04. The number of aromatic nitrogens is 4. The Balaban J connectivity index is 2.45. The van der Waals surface area contributed by atoms with Crippen LogP contribution in [0.3, 0.4) is 0 Å². The summed E-state index contributed by atoms with van der Waals surface area (Å²) >= 11 is 0. The summed E-state index contributed by atoms with van der Waals surface area (Å²) in [6.45, 7) is 3.71. The second kappa shape index (κ2) is 5.05. The molecule has 0 fully saturated rings. The molecule has 0 amide bonds. The Morgan fingerprint density at radius 2 is 2.21 bits per heavy atom. The van der Waals surface area contributed by atoms with Gasteiger partial charge in [0, 0.05) is 13.2 Å². The molecule has 0 saturated carbocycles. The van der Waals surface area contributed by atoms with Gasteiger partial charge in [0.05, 0.1) is 24.1 Å². The van der Waals surface area contributed by atoms with Crippen molar-refractivity contribution in [1.82, 2.24) is 19.7 Å². The number of anilines is 1. The molecule has 0 aromatic carbocycles. The van der Waals surface area contributed by atoms with Crippen LogP contribution in [0.25, 0.3) is 11.4 Å². The molecule has 0 radical (unpaired) electrons. The lowest BCUT2D eigenvalue weighted by molar-refractivity contribution is 0.0526. The molecular weight excluding hydrogens is 246 g/mol. The molecule has 0 spiro atoms. The van der Waals surface area contributed by atoms with Crippen molar-refractivity contribution in [2.75, 3.05) is 12.3 Å². The highest BCUT2D eigenvalue weighted by Gasteiger charge is 2.18. The minimum atomic E-state index is -0.504. The van der Waals surface area contributed by atoms with Gasteiger partial charge < -0.3 is 10.5 Å². The Hall–Kier alpha value is -2.44. The largest absolute Gasteiger partial charge is 0.462 e. The van der Waals surface area contributed by atoms with Crippen LogP contribution in [0.1, 0.15) is 23.0 Å². The molecule has 0 aliphatic rings. The smallest absolute Gasteiger partial charge is 0.343 e. The summed E-state index contributed by atoms with van der Waals surface area (Å²) in [6, 6.07) is 0. The first-order chi connectivity index (χ1) is 9.02. The summed E-state index contributed by atoms with van der Waals surface area (Å²) in [5.74, 6) is 0.0520.